The van der Waals surface area contributed by atoms with Crippen molar-refractivity contribution in [3.63, 3.8) is 0 Å². The first-order valence-corrected chi connectivity index (χ1v) is 6.26. The van der Waals surface area contributed by atoms with Crippen LogP contribution in [0.2, 0.25) is 0 Å². The van der Waals surface area contributed by atoms with Crippen LogP contribution in [0.5, 0.6) is 0 Å². The Morgan fingerprint density at radius 1 is 1.24 bits per heavy atom. The predicted molar refractivity (Wildman–Crippen MR) is 67.8 cm³/mol. The van der Waals surface area contributed by atoms with Gasteiger partial charge >= 0.3 is 0 Å². The molecular weight excluding hydrogens is 214 g/mol. The van der Waals surface area contributed by atoms with E-state index >= 15 is 0 Å². The van der Waals surface area contributed by atoms with E-state index < -0.39 is 0 Å². The summed E-state index contributed by atoms with van der Waals surface area (Å²) < 4.78 is 0. The molecule has 0 aromatic heterocycles. The zero-order valence-corrected chi connectivity index (χ0v) is 10.1. The van der Waals surface area contributed by atoms with E-state index in [-0.39, 0.29) is 18.8 Å². The minimum absolute atomic E-state index is 0.0755. The first kappa shape index (κ1) is 12.6. The van der Waals surface area contributed by atoms with E-state index in [2.05, 4.69) is 24.3 Å². The zero-order valence-electron chi connectivity index (χ0n) is 10.1. The number of hydrogen-bond acceptors (Lipinski definition) is 3. The van der Waals surface area contributed by atoms with Gasteiger partial charge in [-0.05, 0) is 42.7 Å². The Bertz CT molecular complexity index is 363. The number of aliphatic hydroxyl groups is 2. The van der Waals surface area contributed by atoms with Gasteiger partial charge in [0.15, 0.2) is 0 Å². The van der Waals surface area contributed by atoms with Crippen molar-refractivity contribution in [2.24, 2.45) is 5.73 Å². The van der Waals surface area contributed by atoms with Gasteiger partial charge in [0.25, 0.3) is 0 Å². The highest BCUT2D eigenvalue weighted by Crippen LogP contribution is 2.39. The van der Waals surface area contributed by atoms with Crippen molar-refractivity contribution in [2.75, 3.05) is 13.2 Å². The van der Waals surface area contributed by atoms with Gasteiger partial charge in [-0.15, -0.1) is 0 Å². The maximum Gasteiger partial charge on any atom is 0.0611 e. The number of benzene rings is 1. The number of nitrogens with two attached hydrogens (primary N) is 1. The van der Waals surface area contributed by atoms with Gasteiger partial charge in [-0.2, -0.15) is 0 Å². The summed E-state index contributed by atoms with van der Waals surface area (Å²) >= 11 is 0. The van der Waals surface area contributed by atoms with E-state index in [0.29, 0.717) is 12.3 Å². The van der Waals surface area contributed by atoms with Crippen LogP contribution < -0.4 is 5.73 Å². The van der Waals surface area contributed by atoms with Crippen LogP contribution in [-0.4, -0.2) is 29.0 Å². The van der Waals surface area contributed by atoms with Crippen molar-refractivity contribution in [2.45, 2.75) is 37.1 Å². The molecule has 0 amide bonds. The largest absolute Gasteiger partial charge is 0.396 e. The summed E-state index contributed by atoms with van der Waals surface area (Å²) in [6.07, 6.45) is 3.52. The highest BCUT2D eigenvalue weighted by molar-refractivity contribution is 5.27. The van der Waals surface area contributed by atoms with Crippen molar-refractivity contribution in [3.05, 3.63) is 35.4 Å². The second-order valence-electron chi connectivity index (χ2n) is 5.18. The third-order valence-corrected chi connectivity index (χ3v) is 3.81. The first-order valence-electron chi connectivity index (χ1n) is 6.26. The lowest BCUT2D eigenvalue weighted by atomic mass is 9.93. The van der Waals surface area contributed by atoms with Crippen LogP contribution in [0.3, 0.4) is 0 Å². The molecule has 2 rings (SSSR count). The molecule has 4 N–H and O–H groups in total. The highest BCUT2D eigenvalue weighted by Gasteiger charge is 2.35. The van der Waals surface area contributed by atoms with E-state index in [1.165, 1.54) is 5.56 Å². The van der Waals surface area contributed by atoms with E-state index in [1.807, 2.05) is 0 Å². The molecule has 1 aliphatic carbocycles. The number of rotatable bonds is 4. The smallest absolute Gasteiger partial charge is 0.0611 e. The summed E-state index contributed by atoms with van der Waals surface area (Å²) in [4.78, 5) is 0. The molecule has 0 radical (unpaired) electrons. The fraction of sp³-hybridized carbons (Fsp3) is 0.571. The van der Waals surface area contributed by atoms with Crippen molar-refractivity contribution < 1.29 is 10.2 Å². The summed E-state index contributed by atoms with van der Waals surface area (Å²) in [5, 5.41) is 18.1. The molecule has 0 unspecified atom stereocenters. The molecule has 3 nitrogen and oxygen atoms in total. The maximum atomic E-state index is 9.25. The Morgan fingerprint density at radius 3 is 2.47 bits per heavy atom. The van der Waals surface area contributed by atoms with Crippen LogP contribution in [0.4, 0.5) is 0 Å². The minimum Gasteiger partial charge on any atom is -0.396 e. The molecule has 2 atom stereocenters. The third kappa shape index (κ3) is 2.86. The van der Waals surface area contributed by atoms with Crippen molar-refractivity contribution >= 4 is 0 Å². The van der Waals surface area contributed by atoms with Gasteiger partial charge < -0.3 is 15.9 Å². The number of hydrogen-bond donors (Lipinski definition) is 3. The summed E-state index contributed by atoms with van der Waals surface area (Å²) in [7, 11) is 0. The lowest BCUT2D eigenvalue weighted by Gasteiger charge is -2.20. The van der Waals surface area contributed by atoms with Crippen LogP contribution in [0, 0.1) is 0 Å². The summed E-state index contributed by atoms with van der Waals surface area (Å²) in [5.74, 6) is 0.468. The Morgan fingerprint density at radius 2 is 1.94 bits per heavy atom. The fourth-order valence-electron chi connectivity index (χ4n) is 2.67. The summed E-state index contributed by atoms with van der Waals surface area (Å²) in [6.45, 7) is 0.269. The third-order valence-electron chi connectivity index (χ3n) is 3.81. The molecule has 3 heteroatoms. The van der Waals surface area contributed by atoms with Gasteiger partial charge in [0, 0.05) is 12.1 Å². The Hall–Kier alpha value is -0.900. The molecule has 1 aromatic carbocycles. The molecule has 0 spiro atoms. The molecule has 0 heterocycles. The molecule has 1 aliphatic rings. The molecule has 1 saturated carbocycles. The molecule has 17 heavy (non-hydrogen) atoms. The minimum atomic E-state index is -0.381. The molecule has 0 bridgehead atoms. The predicted octanol–water partition coefficient (Wildman–Crippen LogP) is 1.18. The average Bonchev–Trinajstić information content (AvgIpc) is 2.74. The summed E-state index contributed by atoms with van der Waals surface area (Å²) in [5.41, 5.74) is 8.16. The Kier molecular flexibility index (Phi) is 3.82. The van der Waals surface area contributed by atoms with Gasteiger partial charge in [-0.3, -0.25) is 0 Å². The van der Waals surface area contributed by atoms with Gasteiger partial charge in [-0.25, -0.2) is 0 Å². The lowest BCUT2D eigenvalue weighted by molar-refractivity contribution is 0.198. The van der Waals surface area contributed by atoms with Gasteiger partial charge in [0.05, 0.1) is 6.61 Å². The maximum absolute atomic E-state index is 9.25. The average molecular weight is 235 g/mol. The monoisotopic (exact) mass is 235 g/mol. The lowest BCUT2D eigenvalue weighted by Crippen LogP contribution is -2.40. The molecule has 1 fully saturated rings. The fourth-order valence-corrected chi connectivity index (χ4v) is 2.67. The van der Waals surface area contributed by atoms with Gasteiger partial charge in [0.2, 0.25) is 0 Å². The molecule has 1 aromatic rings. The van der Waals surface area contributed by atoms with Crippen LogP contribution in [-0.2, 0) is 6.42 Å². The second-order valence-corrected chi connectivity index (χ2v) is 5.18. The van der Waals surface area contributed by atoms with E-state index in [9.17, 15) is 5.11 Å². The quantitative estimate of drug-likeness (QED) is 0.734. The van der Waals surface area contributed by atoms with E-state index in [4.69, 9.17) is 10.8 Å². The molecule has 0 saturated heterocycles. The molecule has 94 valence electrons. The van der Waals surface area contributed by atoms with Gasteiger partial charge in [-0.1, -0.05) is 24.3 Å². The Labute approximate surface area is 102 Å². The van der Waals surface area contributed by atoms with E-state index in [1.54, 1.807) is 0 Å². The normalized spacial score (nSPS) is 28.5. The standard InChI is InChI=1S/C14H21NO2/c15-14(10-17)7-5-13(9-14)12-3-1-11(2-4-12)6-8-16/h1-4,13,16-17H,5-10,15H2/t13-,14-/m1/s1. The van der Waals surface area contributed by atoms with Crippen LogP contribution >= 0.6 is 0 Å². The van der Waals surface area contributed by atoms with Crippen molar-refractivity contribution in [1.29, 1.82) is 0 Å². The molecule has 0 aliphatic heterocycles. The Balaban J connectivity index is 2.04. The van der Waals surface area contributed by atoms with Gasteiger partial charge in [0.1, 0.15) is 0 Å². The van der Waals surface area contributed by atoms with Crippen LogP contribution in [0.25, 0.3) is 0 Å². The second kappa shape index (κ2) is 5.17. The van der Waals surface area contributed by atoms with E-state index in [0.717, 1.165) is 24.8 Å². The first-order chi connectivity index (χ1) is 8.17. The number of aliphatic hydroxyl groups excluding tert-OH is 2. The highest BCUT2D eigenvalue weighted by atomic mass is 16.3. The van der Waals surface area contributed by atoms with Crippen LogP contribution in [0.1, 0.15) is 36.3 Å². The topological polar surface area (TPSA) is 66.5 Å². The van der Waals surface area contributed by atoms with Crippen LogP contribution in [0.15, 0.2) is 24.3 Å². The molecular formula is C14H21NO2. The van der Waals surface area contributed by atoms with Crippen molar-refractivity contribution in [1.82, 2.24) is 0 Å². The summed E-state index contributed by atoms with van der Waals surface area (Å²) in [6, 6.07) is 8.39. The SMILES string of the molecule is N[C@]1(CO)CC[C@@H](c2ccc(CCO)cc2)C1. The zero-order chi connectivity index (χ0) is 12.3. The van der Waals surface area contributed by atoms with Crippen molar-refractivity contribution in [3.8, 4) is 0 Å².